The molecule has 4 rings (SSSR count). The second-order valence-electron chi connectivity index (χ2n) is 8.14. The molecule has 1 aliphatic rings. The highest BCUT2D eigenvalue weighted by molar-refractivity contribution is 5.94. The molecule has 1 aromatic carbocycles. The summed E-state index contributed by atoms with van der Waals surface area (Å²) in [6.07, 6.45) is -2.05. The monoisotopic (exact) mass is 460 g/mol. The molecule has 0 radical (unpaired) electrons. The number of halogens is 3. The largest absolute Gasteiger partial charge is 0.496 e. The Hall–Kier alpha value is -3.43. The molecule has 1 amide bonds. The van der Waals surface area contributed by atoms with E-state index in [1.807, 2.05) is 0 Å². The Morgan fingerprint density at radius 1 is 1.18 bits per heavy atom. The molecule has 10 heteroatoms. The maximum atomic E-state index is 13.2. The molecule has 1 unspecified atom stereocenters. The lowest BCUT2D eigenvalue weighted by molar-refractivity contribution is -0.137. The van der Waals surface area contributed by atoms with E-state index >= 15 is 0 Å². The summed E-state index contributed by atoms with van der Waals surface area (Å²) in [6.45, 7) is 2.31. The van der Waals surface area contributed by atoms with Gasteiger partial charge in [-0.25, -0.2) is 0 Å². The lowest BCUT2D eigenvalue weighted by Gasteiger charge is -2.32. The van der Waals surface area contributed by atoms with E-state index in [1.165, 1.54) is 24.5 Å². The molecule has 1 saturated heterocycles. The molecule has 2 aromatic heterocycles. The average molecular weight is 460 g/mol. The number of carbonyl (C=O) groups is 2. The lowest BCUT2D eigenvalue weighted by Crippen LogP contribution is -2.40. The number of benzene rings is 1. The third-order valence-electron chi connectivity index (χ3n) is 5.92. The van der Waals surface area contributed by atoms with Crippen molar-refractivity contribution in [2.45, 2.75) is 38.3 Å². The maximum absolute atomic E-state index is 13.2. The van der Waals surface area contributed by atoms with Crippen molar-refractivity contribution in [3.63, 3.8) is 0 Å². The van der Waals surface area contributed by atoms with Crippen molar-refractivity contribution in [1.82, 2.24) is 19.5 Å². The van der Waals surface area contributed by atoms with Crippen LogP contribution in [0.2, 0.25) is 0 Å². The van der Waals surface area contributed by atoms with Crippen LogP contribution in [-0.2, 0) is 17.4 Å². The Bertz CT molecular complexity index is 1210. The molecular formula is C23H23F3N4O3. The van der Waals surface area contributed by atoms with Gasteiger partial charge in [-0.15, -0.1) is 10.2 Å². The second-order valence-corrected chi connectivity index (χ2v) is 8.14. The molecule has 7 nitrogen and oxygen atoms in total. The molecule has 3 aromatic rings. The first-order chi connectivity index (χ1) is 15.7. The molecule has 3 heterocycles. The molecule has 0 saturated carbocycles. The number of ether oxygens (including phenoxy) is 1. The molecule has 1 fully saturated rings. The van der Waals surface area contributed by atoms with E-state index in [0.29, 0.717) is 54.3 Å². The first-order valence-corrected chi connectivity index (χ1v) is 10.5. The summed E-state index contributed by atoms with van der Waals surface area (Å²) >= 11 is 0. The number of fused-ring (bicyclic) bond motifs is 1. The number of hydrogen-bond donors (Lipinski definition) is 0. The van der Waals surface area contributed by atoms with Gasteiger partial charge in [-0.1, -0.05) is 0 Å². The molecule has 1 atom stereocenters. The fourth-order valence-corrected chi connectivity index (χ4v) is 4.18. The highest BCUT2D eigenvalue weighted by atomic mass is 19.4. The number of pyridine rings is 1. The second kappa shape index (κ2) is 8.84. The van der Waals surface area contributed by atoms with Crippen LogP contribution in [0.1, 0.15) is 53.0 Å². The maximum Gasteiger partial charge on any atom is 0.417 e. The topological polar surface area (TPSA) is 76.8 Å². The lowest BCUT2D eigenvalue weighted by atomic mass is 9.96. The number of alkyl halides is 3. The summed E-state index contributed by atoms with van der Waals surface area (Å²) in [6, 6.07) is 7.24. The Balaban J connectivity index is 1.55. The van der Waals surface area contributed by atoms with E-state index in [-0.39, 0.29) is 24.0 Å². The van der Waals surface area contributed by atoms with Gasteiger partial charge in [-0.2, -0.15) is 13.2 Å². The normalized spacial score (nSPS) is 16.8. The van der Waals surface area contributed by atoms with E-state index < -0.39 is 11.7 Å². The van der Waals surface area contributed by atoms with Crippen LogP contribution in [0.15, 0.2) is 36.5 Å². The van der Waals surface area contributed by atoms with E-state index in [1.54, 1.807) is 23.1 Å². The first-order valence-electron chi connectivity index (χ1n) is 10.5. The molecular weight excluding hydrogens is 437 g/mol. The van der Waals surface area contributed by atoms with Crippen molar-refractivity contribution < 1.29 is 27.5 Å². The number of likely N-dealkylation sites (tertiary alicyclic amines) is 1. The summed E-state index contributed by atoms with van der Waals surface area (Å²) in [5.41, 5.74) is 0.648. The summed E-state index contributed by atoms with van der Waals surface area (Å²) in [5.74, 6) is 0.422. The van der Waals surface area contributed by atoms with Gasteiger partial charge in [-0.3, -0.25) is 14.0 Å². The van der Waals surface area contributed by atoms with Crippen molar-refractivity contribution >= 4 is 17.3 Å². The van der Waals surface area contributed by atoms with Crippen molar-refractivity contribution in [2.24, 2.45) is 0 Å². The van der Waals surface area contributed by atoms with Crippen molar-refractivity contribution in [1.29, 1.82) is 0 Å². The molecule has 0 N–H and O–H groups in total. The van der Waals surface area contributed by atoms with Crippen LogP contribution in [0, 0.1) is 0 Å². The van der Waals surface area contributed by atoms with Crippen LogP contribution in [0.3, 0.4) is 0 Å². The van der Waals surface area contributed by atoms with E-state index in [4.69, 9.17) is 4.74 Å². The van der Waals surface area contributed by atoms with Gasteiger partial charge in [0.15, 0.2) is 11.4 Å². The van der Waals surface area contributed by atoms with Gasteiger partial charge in [-0.05, 0) is 50.1 Å². The molecule has 0 bridgehead atoms. The third kappa shape index (κ3) is 4.69. The fraction of sp³-hybridized carbons (Fsp3) is 0.391. The van der Waals surface area contributed by atoms with Crippen molar-refractivity contribution in [2.75, 3.05) is 20.2 Å². The van der Waals surface area contributed by atoms with Gasteiger partial charge in [0.1, 0.15) is 11.6 Å². The van der Waals surface area contributed by atoms with Gasteiger partial charge in [0.05, 0.1) is 19.1 Å². The third-order valence-corrected chi connectivity index (χ3v) is 5.92. The predicted octanol–water partition coefficient (Wildman–Crippen LogP) is 3.91. The summed E-state index contributed by atoms with van der Waals surface area (Å²) in [5, 5.41) is 8.13. The fourth-order valence-electron chi connectivity index (χ4n) is 4.18. The standard InChI is InChI=1S/C23H23F3N4O3/c1-14(31)15-5-7-19(33-2)17(10-15)11-21(32)29-9-3-4-16(12-29)22-28-27-20-8-6-18(13-30(20)22)23(24,25)26/h5-8,10,13,16H,3-4,9,11-12H2,1-2H3. The number of ketones is 1. The molecule has 0 aliphatic carbocycles. The van der Waals surface area contributed by atoms with Crippen LogP contribution >= 0.6 is 0 Å². The Morgan fingerprint density at radius 3 is 2.67 bits per heavy atom. The van der Waals surface area contributed by atoms with Crippen molar-refractivity contribution in [3.8, 4) is 5.75 Å². The van der Waals surface area contributed by atoms with Gasteiger partial charge in [0, 0.05) is 36.3 Å². The zero-order valence-corrected chi connectivity index (χ0v) is 18.2. The Kier molecular flexibility index (Phi) is 6.09. The Labute approximate surface area is 188 Å². The van der Waals surface area contributed by atoms with Crippen LogP contribution in [0.5, 0.6) is 5.75 Å². The Morgan fingerprint density at radius 2 is 1.97 bits per heavy atom. The van der Waals surface area contributed by atoms with Crippen LogP contribution < -0.4 is 4.74 Å². The molecule has 1 aliphatic heterocycles. The molecule has 174 valence electrons. The average Bonchev–Trinajstić information content (AvgIpc) is 3.22. The number of aromatic nitrogens is 3. The van der Waals surface area contributed by atoms with Gasteiger partial charge in [0.25, 0.3) is 0 Å². The van der Waals surface area contributed by atoms with Gasteiger partial charge in [0.2, 0.25) is 5.91 Å². The number of nitrogens with zero attached hydrogens (tertiary/aromatic N) is 4. The number of hydrogen-bond acceptors (Lipinski definition) is 5. The van der Waals surface area contributed by atoms with Crippen molar-refractivity contribution in [3.05, 3.63) is 59.0 Å². The first kappa shape index (κ1) is 22.8. The smallest absolute Gasteiger partial charge is 0.417 e. The van der Waals surface area contributed by atoms with Crippen LogP contribution in [0.25, 0.3) is 5.65 Å². The van der Waals surface area contributed by atoms with E-state index in [9.17, 15) is 22.8 Å². The minimum atomic E-state index is -4.47. The van der Waals surface area contributed by atoms with E-state index in [2.05, 4.69) is 10.2 Å². The highest BCUT2D eigenvalue weighted by Crippen LogP contribution is 2.32. The predicted molar refractivity (Wildman–Crippen MR) is 113 cm³/mol. The highest BCUT2D eigenvalue weighted by Gasteiger charge is 2.33. The summed E-state index contributed by atoms with van der Waals surface area (Å²) < 4.78 is 46.2. The van der Waals surface area contributed by atoms with Gasteiger partial charge >= 0.3 is 6.18 Å². The van der Waals surface area contributed by atoms with Crippen LogP contribution in [-0.4, -0.2) is 51.4 Å². The zero-order chi connectivity index (χ0) is 23.8. The summed E-state index contributed by atoms with van der Waals surface area (Å²) in [4.78, 5) is 26.5. The number of piperidine rings is 1. The minimum absolute atomic E-state index is 0.0514. The number of carbonyl (C=O) groups excluding carboxylic acids is 2. The van der Waals surface area contributed by atoms with Crippen LogP contribution in [0.4, 0.5) is 13.2 Å². The van der Waals surface area contributed by atoms with E-state index in [0.717, 1.165) is 12.3 Å². The van der Waals surface area contributed by atoms with Gasteiger partial charge < -0.3 is 9.64 Å². The zero-order valence-electron chi connectivity index (χ0n) is 18.2. The number of Topliss-reactive ketones (excluding diaryl/α,β-unsaturated/α-hetero) is 1. The number of amides is 1. The molecule has 0 spiro atoms. The minimum Gasteiger partial charge on any atom is -0.496 e. The summed E-state index contributed by atoms with van der Waals surface area (Å²) in [7, 11) is 1.50. The molecule has 33 heavy (non-hydrogen) atoms. The number of rotatable bonds is 5. The quantitative estimate of drug-likeness (QED) is 0.540. The number of methoxy groups -OCH3 is 1. The SMILES string of the molecule is COc1ccc(C(C)=O)cc1CC(=O)N1CCCC(c2nnc3ccc(C(F)(F)F)cn23)C1.